The summed E-state index contributed by atoms with van der Waals surface area (Å²) in [6, 6.07) is 17.4. The molecule has 0 radical (unpaired) electrons. The number of thiophene rings is 1. The third kappa shape index (κ3) is 5.02. The Morgan fingerprint density at radius 3 is 2.46 bits per heavy atom. The number of methoxy groups -OCH3 is 2. The zero-order valence-electron chi connectivity index (χ0n) is 21.2. The molecule has 0 aliphatic carbocycles. The number of benzene rings is 2. The Hall–Kier alpha value is -3.53. The second-order valence-electron chi connectivity index (χ2n) is 8.81. The largest absolute Gasteiger partial charge is 0.495 e. The molecule has 0 bridgehead atoms. The molecule has 3 aromatic heterocycles. The van der Waals surface area contributed by atoms with Crippen LogP contribution in [-0.2, 0) is 0 Å². The lowest BCUT2D eigenvalue weighted by atomic mass is 10.1. The van der Waals surface area contributed by atoms with Crippen LogP contribution in [-0.4, -0.2) is 62.2 Å². The molecule has 9 heteroatoms. The van der Waals surface area contributed by atoms with Crippen molar-refractivity contribution < 1.29 is 14.3 Å². The van der Waals surface area contributed by atoms with E-state index in [1.54, 1.807) is 30.5 Å². The molecule has 0 spiro atoms. The minimum atomic E-state index is -0.104. The van der Waals surface area contributed by atoms with E-state index in [1.165, 1.54) is 11.3 Å². The van der Waals surface area contributed by atoms with Crippen molar-refractivity contribution in [2.24, 2.45) is 0 Å². The average molecular weight is 533 g/mol. The lowest BCUT2D eigenvalue weighted by Gasteiger charge is -2.22. The van der Waals surface area contributed by atoms with Gasteiger partial charge in [-0.25, -0.2) is 9.97 Å². The number of aromatic nitrogens is 2. The van der Waals surface area contributed by atoms with Crippen LogP contribution in [0.2, 0.25) is 0 Å². The van der Waals surface area contributed by atoms with E-state index in [-0.39, 0.29) is 5.91 Å². The maximum atomic E-state index is 14.3. The Morgan fingerprint density at radius 2 is 1.73 bits per heavy atom. The first-order valence-corrected chi connectivity index (χ1v) is 13.6. The molecule has 0 fully saturated rings. The number of thiazole rings is 1. The van der Waals surface area contributed by atoms with Crippen molar-refractivity contribution in [3.63, 3.8) is 0 Å². The fraction of sp³-hybridized carbons (Fsp3) is 0.250. The van der Waals surface area contributed by atoms with E-state index in [1.807, 2.05) is 74.1 Å². The van der Waals surface area contributed by atoms with Crippen molar-refractivity contribution in [1.29, 1.82) is 0 Å². The number of rotatable bonds is 9. The summed E-state index contributed by atoms with van der Waals surface area (Å²) in [5, 5.41) is 3.45. The summed E-state index contributed by atoms with van der Waals surface area (Å²) >= 11 is 3.04. The SMILES string of the molecule is COc1ccc(OC)c2sc(N(CCCN(C)C)C(=O)c3cc(-c4cccs4)nc4ccccc34)nc12. The van der Waals surface area contributed by atoms with Crippen molar-refractivity contribution in [2.45, 2.75) is 6.42 Å². The van der Waals surface area contributed by atoms with Crippen LogP contribution in [0.25, 0.3) is 31.7 Å². The molecule has 5 aromatic rings. The summed E-state index contributed by atoms with van der Waals surface area (Å²) in [5.41, 5.74) is 2.87. The highest BCUT2D eigenvalue weighted by molar-refractivity contribution is 7.22. The minimum Gasteiger partial charge on any atom is -0.495 e. The molecule has 3 heterocycles. The van der Waals surface area contributed by atoms with E-state index >= 15 is 0 Å². The quantitative estimate of drug-likeness (QED) is 0.226. The minimum absolute atomic E-state index is 0.104. The molecule has 2 aromatic carbocycles. The summed E-state index contributed by atoms with van der Waals surface area (Å²) in [6.07, 6.45) is 0.795. The van der Waals surface area contributed by atoms with Crippen LogP contribution in [0.15, 0.2) is 60.0 Å². The topological polar surface area (TPSA) is 67.8 Å². The van der Waals surface area contributed by atoms with E-state index in [4.69, 9.17) is 19.4 Å². The molecule has 37 heavy (non-hydrogen) atoms. The number of fused-ring (bicyclic) bond motifs is 2. The molecule has 1 amide bonds. The molecular weight excluding hydrogens is 504 g/mol. The van der Waals surface area contributed by atoms with Gasteiger partial charge in [-0.15, -0.1) is 11.3 Å². The van der Waals surface area contributed by atoms with Gasteiger partial charge in [-0.05, 0) is 62.8 Å². The van der Waals surface area contributed by atoms with E-state index in [2.05, 4.69) is 4.90 Å². The highest BCUT2D eigenvalue weighted by Gasteiger charge is 2.26. The van der Waals surface area contributed by atoms with E-state index in [0.29, 0.717) is 34.3 Å². The number of anilines is 1. The predicted octanol–water partition coefficient (Wildman–Crippen LogP) is 6.19. The zero-order valence-corrected chi connectivity index (χ0v) is 22.9. The smallest absolute Gasteiger partial charge is 0.260 e. The number of pyridine rings is 1. The number of hydrogen-bond acceptors (Lipinski definition) is 8. The van der Waals surface area contributed by atoms with Gasteiger partial charge in [-0.3, -0.25) is 9.69 Å². The van der Waals surface area contributed by atoms with Crippen molar-refractivity contribution in [3.05, 3.63) is 65.5 Å². The standard InChI is InChI=1S/C28H28N4O3S2/c1-31(2)14-8-15-32(28-30-25-22(34-3)12-13-23(35-4)26(25)37-28)27(33)19-17-21(24-11-7-16-36-24)29-20-10-6-5-9-18(19)20/h5-7,9-13,16-17H,8,14-15H2,1-4H3. The molecule has 0 saturated heterocycles. The van der Waals surface area contributed by atoms with E-state index in [0.717, 1.165) is 39.1 Å². The second kappa shape index (κ2) is 10.8. The third-order valence-electron chi connectivity index (χ3n) is 6.08. The van der Waals surface area contributed by atoms with Crippen LogP contribution < -0.4 is 14.4 Å². The number of carbonyl (C=O) groups is 1. The van der Waals surface area contributed by atoms with Gasteiger partial charge in [0, 0.05) is 11.9 Å². The number of hydrogen-bond donors (Lipinski definition) is 0. The van der Waals surface area contributed by atoms with Gasteiger partial charge in [-0.2, -0.15) is 0 Å². The fourth-order valence-electron chi connectivity index (χ4n) is 4.27. The van der Waals surface area contributed by atoms with Crippen LogP contribution in [0, 0.1) is 0 Å². The molecule has 0 N–H and O–H groups in total. The van der Waals surface area contributed by atoms with Crippen molar-refractivity contribution >= 4 is 54.8 Å². The summed E-state index contributed by atoms with van der Waals surface area (Å²) in [6.45, 7) is 1.37. The molecule has 0 atom stereocenters. The molecule has 0 saturated carbocycles. The lowest BCUT2D eigenvalue weighted by Crippen LogP contribution is -2.33. The number of para-hydroxylation sites is 1. The Kier molecular flexibility index (Phi) is 7.36. The number of amides is 1. The summed E-state index contributed by atoms with van der Waals surface area (Å²) in [7, 11) is 7.32. The molecular formula is C28H28N4O3S2. The maximum absolute atomic E-state index is 14.3. The van der Waals surface area contributed by atoms with Gasteiger partial charge < -0.3 is 14.4 Å². The molecule has 7 nitrogen and oxygen atoms in total. The normalized spacial score (nSPS) is 11.4. The van der Waals surface area contributed by atoms with Crippen LogP contribution in [0.3, 0.4) is 0 Å². The second-order valence-corrected chi connectivity index (χ2v) is 10.7. The summed E-state index contributed by atoms with van der Waals surface area (Å²) in [5.74, 6) is 1.25. The van der Waals surface area contributed by atoms with Gasteiger partial charge in [-0.1, -0.05) is 35.6 Å². The number of ether oxygens (including phenoxy) is 2. The predicted molar refractivity (Wildman–Crippen MR) is 153 cm³/mol. The first-order chi connectivity index (χ1) is 18.0. The van der Waals surface area contributed by atoms with E-state index < -0.39 is 0 Å². The number of carbonyl (C=O) groups excluding carboxylic acids is 1. The van der Waals surface area contributed by atoms with Gasteiger partial charge in [0.25, 0.3) is 5.91 Å². The van der Waals surface area contributed by atoms with Gasteiger partial charge in [0.1, 0.15) is 21.7 Å². The monoisotopic (exact) mass is 532 g/mol. The van der Waals surface area contributed by atoms with E-state index in [9.17, 15) is 4.79 Å². The first kappa shape index (κ1) is 25.1. The molecule has 5 rings (SSSR count). The van der Waals surface area contributed by atoms with Crippen LogP contribution in [0.4, 0.5) is 5.13 Å². The van der Waals surface area contributed by atoms with Crippen LogP contribution >= 0.6 is 22.7 Å². The van der Waals surface area contributed by atoms with Crippen LogP contribution in [0.1, 0.15) is 16.8 Å². The molecule has 0 aliphatic heterocycles. The molecule has 0 unspecified atom stereocenters. The van der Waals surface area contributed by atoms with Crippen molar-refractivity contribution in [3.8, 4) is 22.1 Å². The van der Waals surface area contributed by atoms with Gasteiger partial charge in [0.15, 0.2) is 5.13 Å². The first-order valence-electron chi connectivity index (χ1n) is 11.9. The zero-order chi connectivity index (χ0) is 25.9. The summed E-state index contributed by atoms with van der Waals surface area (Å²) < 4.78 is 12.0. The Morgan fingerprint density at radius 1 is 0.946 bits per heavy atom. The molecule has 190 valence electrons. The Balaban J connectivity index is 1.65. The van der Waals surface area contributed by atoms with Gasteiger partial charge >= 0.3 is 0 Å². The Bertz CT molecular complexity index is 1510. The Labute approximate surface area is 223 Å². The molecule has 0 aliphatic rings. The fourth-order valence-corrected chi connectivity index (χ4v) is 6.05. The highest BCUT2D eigenvalue weighted by Crippen LogP contribution is 2.41. The maximum Gasteiger partial charge on any atom is 0.260 e. The number of nitrogens with zero attached hydrogens (tertiary/aromatic N) is 4. The lowest BCUT2D eigenvalue weighted by molar-refractivity contribution is 0.0987. The highest BCUT2D eigenvalue weighted by atomic mass is 32.1. The van der Waals surface area contributed by atoms with Crippen LogP contribution in [0.5, 0.6) is 11.5 Å². The third-order valence-corrected chi connectivity index (χ3v) is 8.07. The van der Waals surface area contributed by atoms with Gasteiger partial charge in [0.2, 0.25) is 0 Å². The van der Waals surface area contributed by atoms with Crippen molar-refractivity contribution in [1.82, 2.24) is 14.9 Å². The summed E-state index contributed by atoms with van der Waals surface area (Å²) in [4.78, 5) is 29.0. The van der Waals surface area contributed by atoms with Crippen molar-refractivity contribution in [2.75, 3.05) is 46.3 Å². The van der Waals surface area contributed by atoms with Gasteiger partial charge in [0.05, 0.1) is 35.9 Å². The average Bonchev–Trinajstić information content (AvgIpc) is 3.60.